The number of hydrogen-bond acceptors (Lipinski definition) is 4. The van der Waals surface area contributed by atoms with Crippen molar-refractivity contribution in [1.82, 2.24) is 15.1 Å². The molecule has 6 nitrogen and oxygen atoms in total. The van der Waals surface area contributed by atoms with E-state index < -0.39 is 0 Å². The molecule has 2 rings (SSSR count). The summed E-state index contributed by atoms with van der Waals surface area (Å²) >= 11 is 0. The Morgan fingerprint density at radius 1 is 1.08 bits per heavy atom. The summed E-state index contributed by atoms with van der Waals surface area (Å²) in [7, 11) is 3.22. The highest BCUT2D eigenvalue weighted by Gasteiger charge is 2.20. The van der Waals surface area contributed by atoms with Gasteiger partial charge in [-0.1, -0.05) is 25.8 Å². The van der Waals surface area contributed by atoms with E-state index in [1.807, 2.05) is 23.1 Å². The second-order valence-corrected chi connectivity index (χ2v) is 6.38. The molecule has 0 aromatic heterocycles. The van der Waals surface area contributed by atoms with E-state index in [1.165, 1.54) is 19.3 Å². The lowest BCUT2D eigenvalue weighted by molar-refractivity contribution is 0.138. The quantitative estimate of drug-likeness (QED) is 0.733. The van der Waals surface area contributed by atoms with Crippen molar-refractivity contribution >= 4 is 6.03 Å². The first-order valence-electron chi connectivity index (χ1n) is 9.14. The number of urea groups is 1. The molecule has 1 heterocycles. The number of hydrogen-bond donors (Lipinski definition) is 1. The van der Waals surface area contributed by atoms with Crippen LogP contribution in [0.4, 0.5) is 4.79 Å². The Bertz CT molecular complexity index is 543. The second-order valence-electron chi connectivity index (χ2n) is 6.38. The number of carbonyl (C=O) groups excluding carboxylic acids is 1. The summed E-state index contributed by atoms with van der Waals surface area (Å²) in [5.74, 6) is 1.37. The van der Waals surface area contributed by atoms with E-state index in [1.54, 1.807) is 14.2 Å². The van der Waals surface area contributed by atoms with Crippen LogP contribution in [0.3, 0.4) is 0 Å². The van der Waals surface area contributed by atoms with E-state index in [4.69, 9.17) is 9.47 Å². The van der Waals surface area contributed by atoms with Crippen molar-refractivity contribution in [3.05, 3.63) is 23.8 Å². The number of piperazine rings is 1. The molecule has 1 N–H and O–H groups in total. The van der Waals surface area contributed by atoms with Crippen LogP contribution in [-0.2, 0) is 6.54 Å². The molecule has 0 aliphatic carbocycles. The second kappa shape index (κ2) is 10.1. The fourth-order valence-corrected chi connectivity index (χ4v) is 3.04. The fourth-order valence-electron chi connectivity index (χ4n) is 3.04. The molecule has 0 radical (unpaired) electrons. The molecule has 1 saturated heterocycles. The molecule has 0 unspecified atom stereocenters. The van der Waals surface area contributed by atoms with E-state index in [-0.39, 0.29) is 6.03 Å². The maximum Gasteiger partial charge on any atom is 0.317 e. The molecule has 0 saturated carbocycles. The summed E-state index contributed by atoms with van der Waals surface area (Å²) in [6.07, 6.45) is 3.78. The molecule has 25 heavy (non-hydrogen) atoms. The van der Waals surface area contributed by atoms with Crippen molar-refractivity contribution in [2.45, 2.75) is 32.7 Å². The Balaban J connectivity index is 1.76. The van der Waals surface area contributed by atoms with E-state index in [2.05, 4.69) is 17.1 Å². The number of nitrogens with zero attached hydrogens (tertiary/aromatic N) is 2. The third-order valence-corrected chi connectivity index (χ3v) is 4.63. The van der Waals surface area contributed by atoms with Crippen molar-refractivity contribution in [2.75, 3.05) is 46.9 Å². The monoisotopic (exact) mass is 349 g/mol. The summed E-state index contributed by atoms with van der Waals surface area (Å²) < 4.78 is 10.5. The molecule has 0 bridgehead atoms. The smallest absolute Gasteiger partial charge is 0.317 e. The third-order valence-electron chi connectivity index (χ3n) is 4.63. The zero-order chi connectivity index (χ0) is 18.1. The minimum absolute atomic E-state index is 0.00277. The SMILES string of the molecule is CCCCCN1CCN(C(=O)NCc2ccc(OC)c(OC)c2)CC1. The fraction of sp³-hybridized carbons (Fsp3) is 0.632. The van der Waals surface area contributed by atoms with Gasteiger partial charge in [0.15, 0.2) is 11.5 Å². The van der Waals surface area contributed by atoms with Gasteiger partial charge in [-0.15, -0.1) is 0 Å². The minimum atomic E-state index is 0.00277. The molecular weight excluding hydrogens is 318 g/mol. The highest BCUT2D eigenvalue weighted by atomic mass is 16.5. The average molecular weight is 349 g/mol. The number of benzene rings is 1. The first-order chi connectivity index (χ1) is 12.2. The standard InChI is InChI=1S/C19H31N3O3/c1-4-5-6-9-21-10-12-22(13-11-21)19(23)20-15-16-7-8-17(24-2)18(14-16)25-3/h7-8,14H,4-6,9-13,15H2,1-3H3,(H,20,23). The Kier molecular flexibility index (Phi) is 7.85. The van der Waals surface area contributed by atoms with Crippen LogP contribution < -0.4 is 14.8 Å². The average Bonchev–Trinajstić information content (AvgIpc) is 2.66. The largest absolute Gasteiger partial charge is 0.493 e. The molecule has 1 aromatic rings. The molecule has 6 heteroatoms. The number of ether oxygens (including phenoxy) is 2. The van der Waals surface area contributed by atoms with E-state index in [9.17, 15) is 4.79 Å². The van der Waals surface area contributed by atoms with Crippen LogP contribution in [0, 0.1) is 0 Å². The lowest BCUT2D eigenvalue weighted by Gasteiger charge is -2.34. The summed E-state index contributed by atoms with van der Waals surface area (Å²) in [6.45, 7) is 7.38. The van der Waals surface area contributed by atoms with Gasteiger partial charge in [-0.3, -0.25) is 4.90 Å². The predicted octanol–water partition coefficient (Wildman–Crippen LogP) is 2.72. The summed E-state index contributed by atoms with van der Waals surface area (Å²) in [5.41, 5.74) is 0.990. The van der Waals surface area contributed by atoms with Gasteiger partial charge in [0.05, 0.1) is 14.2 Å². The van der Waals surface area contributed by atoms with Crippen molar-refractivity contribution in [3.63, 3.8) is 0 Å². The lowest BCUT2D eigenvalue weighted by Crippen LogP contribution is -2.51. The summed E-state index contributed by atoms with van der Waals surface area (Å²) in [6, 6.07) is 5.69. The zero-order valence-corrected chi connectivity index (χ0v) is 15.7. The van der Waals surface area contributed by atoms with Gasteiger partial charge in [0, 0.05) is 32.7 Å². The molecule has 0 spiro atoms. The van der Waals surface area contributed by atoms with Crippen LogP contribution in [0.15, 0.2) is 18.2 Å². The van der Waals surface area contributed by atoms with Crippen LogP contribution in [0.5, 0.6) is 11.5 Å². The highest BCUT2D eigenvalue weighted by molar-refractivity contribution is 5.74. The van der Waals surface area contributed by atoms with Crippen LogP contribution in [0.1, 0.15) is 31.7 Å². The number of rotatable bonds is 8. The Morgan fingerprint density at radius 3 is 2.44 bits per heavy atom. The molecule has 0 atom stereocenters. The number of methoxy groups -OCH3 is 2. The first-order valence-corrected chi connectivity index (χ1v) is 9.14. The van der Waals surface area contributed by atoms with Crippen LogP contribution in [0.25, 0.3) is 0 Å². The van der Waals surface area contributed by atoms with Gasteiger partial charge in [-0.25, -0.2) is 4.79 Å². The number of carbonyl (C=O) groups is 1. The van der Waals surface area contributed by atoms with Gasteiger partial charge >= 0.3 is 6.03 Å². The third kappa shape index (κ3) is 5.81. The molecule has 1 aliphatic rings. The van der Waals surface area contributed by atoms with E-state index in [0.29, 0.717) is 18.0 Å². The van der Waals surface area contributed by atoms with Crippen LogP contribution in [-0.4, -0.2) is 62.8 Å². The highest BCUT2D eigenvalue weighted by Crippen LogP contribution is 2.27. The Labute approximate surface area is 151 Å². The first kappa shape index (κ1) is 19.4. The Morgan fingerprint density at radius 2 is 1.80 bits per heavy atom. The molecule has 140 valence electrons. The molecule has 1 fully saturated rings. The van der Waals surface area contributed by atoms with Crippen molar-refractivity contribution in [3.8, 4) is 11.5 Å². The zero-order valence-electron chi connectivity index (χ0n) is 15.7. The van der Waals surface area contributed by atoms with E-state index >= 15 is 0 Å². The summed E-state index contributed by atoms with van der Waals surface area (Å²) in [5, 5.41) is 3.00. The molecule has 2 amide bonds. The van der Waals surface area contributed by atoms with Gasteiger partial charge in [-0.2, -0.15) is 0 Å². The normalized spacial score (nSPS) is 15.1. The topological polar surface area (TPSA) is 54.0 Å². The maximum absolute atomic E-state index is 12.4. The van der Waals surface area contributed by atoms with Gasteiger partial charge in [0.25, 0.3) is 0 Å². The number of nitrogens with one attached hydrogen (secondary N) is 1. The van der Waals surface area contributed by atoms with Gasteiger partial charge < -0.3 is 19.7 Å². The molecule has 1 aliphatic heterocycles. The number of amides is 2. The molecule has 1 aromatic carbocycles. The minimum Gasteiger partial charge on any atom is -0.493 e. The summed E-state index contributed by atoms with van der Waals surface area (Å²) in [4.78, 5) is 16.7. The van der Waals surface area contributed by atoms with Gasteiger partial charge in [0.2, 0.25) is 0 Å². The van der Waals surface area contributed by atoms with Gasteiger partial charge in [-0.05, 0) is 30.7 Å². The van der Waals surface area contributed by atoms with Crippen molar-refractivity contribution < 1.29 is 14.3 Å². The van der Waals surface area contributed by atoms with E-state index in [0.717, 1.165) is 38.3 Å². The van der Waals surface area contributed by atoms with Crippen LogP contribution >= 0.6 is 0 Å². The van der Waals surface area contributed by atoms with Crippen LogP contribution in [0.2, 0.25) is 0 Å². The lowest BCUT2D eigenvalue weighted by atomic mass is 10.2. The molecular formula is C19H31N3O3. The maximum atomic E-state index is 12.4. The predicted molar refractivity (Wildman–Crippen MR) is 99.3 cm³/mol. The van der Waals surface area contributed by atoms with Gasteiger partial charge in [0.1, 0.15) is 0 Å². The van der Waals surface area contributed by atoms with Crippen molar-refractivity contribution in [2.24, 2.45) is 0 Å². The number of unbranched alkanes of at least 4 members (excludes halogenated alkanes) is 2. The Hall–Kier alpha value is -1.95. The van der Waals surface area contributed by atoms with Crippen molar-refractivity contribution in [1.29, 1.82) is 0 Å².